The molecule has 2 aromatic rings. The molecule has 0 radical (unpaired) electrons. The molecule has 0 unspecified atom stereocenters. The third-order valence-corrected chi connectivity index (χ3v) is 5.65. The first kappa shape index (κ1) is 21.2. The molecule has 2 rings (SSSR count). The van der Waals surface area contributed by atoms with E-state index in [9.17, 15) is 26.4 Å². The predicted octanol–water partition coefficient (Wildman–Crippen LogP) is 4.18. The van der Waals surface area contributed by atoms with Gasteiger partial charge in [0.2, 0.25) is 15.9 Å². The summed E-state index contributed by atoms with van der Waals surface area (Å²) in [4.78, 5) is 12.3. The van der Waals surface area contributed by atoms with Crippen LogP contribution in [-0.4, -0.2) is 27.1 Å². The van der Waals surface area contributed by atoms with Gasteiger partial charge in [0.05, 0.1) is 23.2 Å². The van der Waals surface area contributed by atoms with Gasteiger partial charge in [-0.2, -0.15) is 13.2 Å². The summed E-state index contributed by atoms with van der Waals surface area (Å²) in [5, 5.41) is 2.14. The average Bonchev–Trinajstić information content (AvgIpc) is 2.54. The molecule has 146 valence electrons. The number of nitrogens with one attached hydrogen (secondary N) is 1. The Labute approximate surface area is 163 Å². The smallest absolute Gasteiger partial charge is 0.324 e. The number of carbonyl (C=O) groups excluding carboxylic acids is 1. The number of para-hydroxylation sites is 1. The van der Waals surface area contributed by atoms with E-state index >= 15 is 0 Å². The fourth-order valence-corrected chi connectivity index (χ4v) is 3.44. The maximum atomic E-state index is 13.0. The summed E-state index contributed by atoms with van der Waals surface area (Å²) >= 11 is 3.30. The topological polar surface area (TPSA) is 66.5 Å². The molecule has 0 saturated heterocycles. The van der Waals surface area contributed by atoms with Gasteiger partial charge < -0.3 is 5.32 Å². The van der Waals surface area contributed by atoms with Gasteiger partial charge in [-0.15, -0.1) is 0 Å². The Morgan fingerprint density at radius 1 is 1.19 bits per heavy atom. The van der Waals surface area contributed by atoms with E-state index in [1.165, 1.54) is 18.2 Å². The third kappa shape index (κ3) is 5.46. The second kappa shape index (κ2) is 7.89. The fraction of sp³-hybridized carbons (Fsp3) is 0.235. The van der Waals surface area contributed by atoms with Crippen molar-refractivity contribution in [2.45, 2.75) is 13.1 Å². The molecule has 0 aliphatic rings. The number of halogens is 4. The Bertz CT molecular complexity index is 962. The minimum absolute atomic E-state index is 0.234. The number of alkyl halides is 3. The minimum atomic E-state index is -4.65. The second-order valence-electron chi connectivity index (χ2n) is 5.79. The van der Waals surface area contributed by atoms with E-state index in [-0.39, 0.29) is 5.69 Å². The molecule has 0 bridgehead atoms. The van der Waals surface area contributed by atoms with Crippen LogP contribution in [0.4, 0.5) is 24.5 Å². The number of hydrogen-bond acceptors (Lipinski definition) is 3. The molecule has 0 spiro atoms. The first-order valence-corrected chi connectivity index (χ1v) is 10.2. The highest BCUT2D eigenvalue weighted by Gasteiger charge is 2.33. The number of rotatable bonds is 5. The van der Waals surface area contributed by atoms with Crippen LogP contribution in [-0.2, 0) is 21.0 Å². The van der Waals surface area contributed by atoms with E-state index in [2.05, 4.69) is 21.2 Å². The lowest BCUT2D eigenvalue weighted by atomic mass is 10.1. The Morgan fingerprint density at radius 2 is 1.81 bits per heavy atom. The van der Waals surface area contributed by atoms with E-state index in [4.69, 9.17) is 0 Å². The number of amides is 1. The molecule has 0 heterocycles. The molecule has 5 nitrogen and oxygen atoms in total. The zero-order valence-electron chi connectivity index (χ0n) is 14.3. The van der Waals surface area contributed by atoms with Crippen molar-refractivity contribution in [1.29, 1.82) is 0 Å². The minimum Gasteiger partial charge on any atom is -0.324 e. The van der Waals surface area contributed by atoms with Crippen molar-refractivity contribution in [2.24, 2.45) is 0 Å². The van der Waals surface area contributed by atoms with Gasteiger partial charge in [0, 0.05) is 4.47 Å². The van der Waals surface area contributed by atoms with Crippen LogP contribution in [0.2, 0.25) is 0 Å². The summed E-state index contributed by atoms with van der Waals surface area (Å²) in [6, 6.07) is 9.16. The number of benzene rings is 2. The van der Waals surface area contributed by atoms with Gasteiger partial charge in [0.25, 0.3) is 0 Å². The van der Waals surface area contributed by atoms with Gasteiger partial charge >= 0.3 is 6.18 Å². The van der Waals surface area contributed by atoms with Gasteiger partial charge in [-0.25, -0.2) is 8.42 Å². The van der Waals surface area contributed by atoms with Gasteiger partial charge in [0.15, 0.2) is 0 Å². The van der Waals surface area contributed by atoms with Crippen molar-refractivity contribution in [2.75, 3.05) is 22.4 Å². The zero-order valence-corrected chi connectivity index (χ0v) is 16.7. The van der Waals surface area contributed by atoms with Crippen molar-refractivity contribution < 1.29 is 26.4 Å². The van der Waals surface area contributed by atoms with E-state index in [1.54, 1.807) is 19.1 Å². The van der Waals surface area contributed by atoms with Gasteiger partial charge in [-0.1, -0.05) is 28.1 Å². The summed E-state index contributed by atoms with van der Waals surface area (Å²) < 4.78 is 64.9. The van der Waals surface area contributed by atoms with Gasteiger partial charge in [-0.3, -0.25) is 9.10 Å². The van der Waals surface area contributed by atoms with Crippen LogP contribution in [0.15, 0.2) is 46.9 Å². The van der Waals surface area contributed by atoms with Crippen molar-refractivity contribution >= 4 is 43.2 Å². The van der Waals surface area contributed by atoms with E-state index in [0.717, 1.165) is 32.7 Å². The van der Waals surface area contributed by atoms with Crippen LogP contribution in [0.1, 0.15) is 11.1 Å². The highest BCUT2D eigenvalue weighted by atomic mass is 79.9. The lowest BCUT2D eigenvalue weighted by Crippen LogP contribution is -2.37. The molecule has 2 aromatic carbocycles. The predicted molar refractivity (Wildman–Crippen MR) is 101 cm³/mol. The van der Waals surface area contributed by atoms with Crippen molar-refractivity contribution in [1.82, 2.24) is 0 Å². The SMILES string of the molecule is Cc1cc(N(CC(=O)Nc2ccccc2C(F)(F)F)S(C)(=O)=O)ccc1Br. The molecule has 10 heteroatoms. The van der Waals surface area contributed by atoms with Crippen LogP contribution in [0, 0.1) is 6.92 Å². The largest absolute Gasteiger partial charge is 0.418 e. The van der Waals surface area contributed by atoms with E-state index in [1.807, 2.05) is 0 Å². The molecule has 1 amide bonds. The first-order valence-electron chi connectivity index (χ1n) is 7.59. The molecule has 27 heavy (non-hydrogen) atoms. The van der Waals surface area contributed by atoms with Crippen LogP contribution in [0.25, 0.3) is 0 Å². The third-order valence-electron chi connectivity index (χ3n) is 3.62. The summed E-state index contributed by atoms with van der Waals surface area (Å²) in [7, 11) is -3.84. The highest BCUT2D eigenvalue weighted by Crippen LogP contribution is 2.34. The number of anilines is 2. The van der Waals surface area contributed by atoms with Crippen molar-refractivity contribution in [3.8, 4) is 0 Å². The Hall–Kier alpha value is -2.07. The summed E-state index contributed by atoms with van der Waals surface area (Å²) in [6.07, 6.45) is -3.73. The van der Waals surface area contributed by atoms with Gasteiger partial charge in [0.1, 0.15) is 6.54 Å². The first-order chi connectivity index (χ1) is 12.4. The molecule has 0 aromatic heterocycles. The summed E-state index contributed by atoms with van der Waals surface area (Å²) in [6.45, 7) is 1.08. The van der Waals surface area contributed by atoms with Crippen LogP contribution < -0.4 is 9.62 Å². The van der Waals surface area contributed by atoms with Crippen LogP contribution >= 0.6 is 15.9 Å². The standard InChI is InChI=1S/C17H16BrF3N2O3S/c1-11-9-12(7-8-14(11)18)23(27(2,25)26)10-16(24)22-15-6-4-3-5-13(15)17(19,20)21/h3-9H,10H2,1-2H3,(H,22,24). The number of sulfonamides is 1. The maximum absolute atomic E-state index is 13.0. The second-order valence-corrected chi connectivity index (χ2v) is 8.56. The van der Waals surface area contributed by atoms with E-state index < -0.39 is 39.9 Å². The molecule has 0 saturated carbocycles. The summed E-state index contributed by atoms with van der Waals surface area (Å²) in [5.41, 5.74) is -0.472. The molecule has 0 fully saturated rings. The van der Waals surface area contributed by atoms with Crippen LogP contribution in [0.5, 0.6) is 0 Å². The molecular weight excluding hydrogens is 449 g/mol. The molecule has 0 atom stereocenters. The van der Waals surface area contributed by atoms with Crippen molar-refractivity contribution in [3.05, 3.63) is 58.1 Å². The fourth-order valence-electron chi connectivity index (χ4n) is 2.34. The molecular formula is C17H16BrF3N2O3S. The Morgan fingerprint density at radius 3 is 2.37 bits per heavy atom. The number of hydrogen-bond donors (Lipinski definition) is 1. The number of nitrogens with zero attached hydrogens (tertiary/aromatic N) is 1. The average molecular weight is 465 g/mol. The van der Waals surface area contributed by atoms with Gasteiger partial charge in [-0.05, 0) is 42.8 Å². The molecule has 0 aliphatic carbocycles. The lowest BCUT2D eigenvalue weighted by molar-refractivity contribution is -0.137. The monoisotopic (exact) mass is 464 g/mol. The van der Waals surface area contributed by atoms with Crippen molar-refractivity contribution in [3.63, 3.8) is 0 Å². The highest BCUT2D eigenvalue weighted by molar-refractivity contribution is 9.10. The molecule has 1 N–H and O–H groups in total. The normalized spacial score (nSPS) is 11.9. The lowest BCUT2D eigenvalue weighted by Gasteiger charge is -2.23. The maximum Gasteiger partial charge on any atom is 0.418 e. The van der Waals surface area contributed by atoms with E-state index in [0.29, 0.717) is 0 Å². The van der Waals surface area contributed by atoms with Crippen LogP contribution in [0.3, 0.4) is 0 Å². The Balaban J connectivity index is 2.30. The number of carbonyl (C=O) groups is 1. The zero-order chi connectivity index (χ0) is 20.4. The Kier molecular flexibility index (Phi) is 6.21. The number of aryl methyl sites for hydroxylation is 1. The summed E-state index contributed by atoms with van der Waals surface area (Å²) in [5.74, 6) is -0.891. The quantitative estimate of drug-likeness (QED) is 0.721. The molecule has 0 aliphatic heterocycles.